The number of rotatable bonds is 2. The van der Waals surface area contributed by atoms with Crippen LogP contribution in [0.2, 0.25) is 0 Å². The molecule has 0 aromatic heterocycles. The summed E-state index contributed by atoms with van der Waals surface area (Å²) in [5, 5.41) is 6.20. The van der Waals surface area contributed by atoms with E-state index in [-0.39, 0.29) is 11.9 Å². The van der Waals surface area contributed by atoms with Crippen LogP contribution in [0.1, 0.15) is 20.3 Å². The van der Waals surface area contributed by atoms with Crippen molar-refractivity contribution in [2.24, 2.45) is 5.92 Å². The summed E-state index contributed by atoms with van der Waals surface area (Å²) in [7, 11) is 0. The normalized spacial score (nSPS) is 19.0. The van der Waals surface area contributed by atoms with Gasteiger partial charge in [0.2, 0.25) is 5.91 Å². The van der Waals surface area contributed by atoms with Crippen LogP contribution in [-0.4, -0.2) is 11.9 Å². The number of anilines is 2. The van der Waals surface area contributed by atoms with E-state index in [2.05, 4.69) is 40.4 Å². The molecule has 1 aromatic rings. The minimum atomic E-state index is -0.123. The lowest BCUT2D eigenvalue weighted by Gasteiger charge is -2.28. The van der Waals surface area contributed by atoms with Gasteiger partial charge in [-0.25, -0.2) is 0 Å². The minimum Gasteiger partial charge on any atom is -0.372 e. The molecule has 0 spiro atoms. The molecular weight excluding hydrogens is 268 g/mol. The molecule has 0 bridgehead atoms. The largest absolute Gasteiger partial charge is 0.372 e. The molecule has 0 aliphatic carbocycles. The van der Waals surface area contributed by atoms with E-state index in [9.17, 15) is 4.79 Å². The first-order valence-electron chi connectivity index (χ1n) is 5.43. The van der Waals surface area contributed by atoms with E-state index < -0.39 is 0 Å². The Morgan fingerprint density at radius 1 is 1.38 bits per heavy atom. The van der Waals surface area contributed by atoms with Gasteiger partial charge in [0.15, 0.2) is 0 Å². The van der Waals surface area contributed by atoms with Gasteiger partial charge in [-0.1, -0.05) is 29.8 Å². The first kappa shape index (κ1) is 11.5. The number of hydrogen-bond acceptors (Lipinski definition) is 2. The first-order chi connectivity index (χ1) is 7.56. The fourth-order valence-corrected chi connectivity index (χ4v) is 2.22. The zero-order valence-corrected chi connectivity index (χ0v) is 11.0. The van der Waals surface area contributed by atoms with E-state index in [1.54, 1.807) is 0 Å². The third kappa shape index (κ3) is 2.38. The van der Waals surface area contributed by atoms with Gasteiger partial charge >= 0.3 is 0 Å². The summed E-state index contributed by atoms with van der Waals surface area (Å²) in [4.78, 5) is 11.8. The average Bonchev–Trinajstić information content (AvgIpc) is 2.19. The highest BCUT2D eigenvalue weighted by Gasteiger charge is 2.25. The molecule has 3 nitrogen and oxygen atoms in total. The van der Waals surface area contributed by atoms with Crippen LogP contribution in [0.3, 0.4) is 0 Å². The van der Waals surface area contributed by atoms with E-state index in [4.69, 9.17) is 0 Å². The summed E-state index contributed by atoms with van der Waals surface area (Å²) in [6.07, 6.45) is 0.845. The monoisotopic (exact) mass is 282 g/mol. The topological polar surface area (TPSA) is 41.1 Å². The molecule has 2 N–H and O–H groups in total. The molecule has 0 saturated heterocycles. The highest BCUT2D eigenvalue weighted by atomic mass is 79.9. The molecule has 4 heteroatoms. The van der Waals surface area contributed by atoms with Crippen molar-refractivity contribution in [2.45, 2.75) is 26.3 Å². The van der Waals surface area contributed by atoms with Crippen LogP contribution in [0, 0.1) is 5.92 Å². The molecule has 1 heterocycles. The van der Waals surface area contributed by atoms with Gasteiger partial charge in [-0.2, -0.15) is 0 Å². The van der Waals surface area contributed by atoms with Gasteiger partial charge in [0.25, 0.3) is 0 Å². The Morgan fingerprint density at radius 3 is 2.81 bits per heavy atom. The highest BCUT2D eigenvalue weighted by Crippen LogP contribution is 2.30. The molecule has 1 amide bonds. The smallest absolute Gasteiger partial charge is 0.246 e. The van der Waals surface area contributed by atoms with Crippen LogP contribution in [0.5, 0.6) is 0 Å². The number of fused-ring (bicyclic) bond motifs is 1. The number of hydrogen-bond donors (Lipinski definition) is 2. The molecular formula is C12H15BrN2O. The van der Waals surface area contributed by atoms with Gasteiger partial charge in [-0.15, -0.1) is 0 Å². The molecule has 0 fully saturated rings. The van der Waals surface area contributed by atoms with Crippen molar-refractivity contribution >= 4 is 33.2 Å². The maximum absolute atomic E-state index is 11.8. The van der Waals surface area contributed by atoms with Crippen LogP contribution < -0.4 is 10.6 Å². The Kier molecular flexibility index (Phi) is 3.19. The van der Waals surface area contributed by atoms with Crippen LogP contribution in [0.25, 0.3) is 0 Å². The number of carbonyl (C=O) groups is 1. The summed E-state index contributed by atoms with van der Waals surface area (Å²) < 4.78 is 1.01. The Labute approximate surface area is 104 Å². The lowest BCUT2D eigenvalue weighted by molar-refractivity contribution is -0.117. The molecule has 16 heavy (non-hydrogen) atoms. The predicted octanol–water partition coefficient (Wildman–Crippen LogP) is 3.23. The fourth-order valence-electron chi connectivity index (χ4n) is 1.86. The third-order valence-corrected chi connectivity index (χ3v) is 3.09. The summed E-state index contributed by atoms with van der Waals surface area (Å²) in [6.45, 7) is 4.23. The molecule has 0 radical (unpaired) electrons. The second-order valence-corrected chi connectivity index (χ2v) is 5.42. The van der Waals surface area contributed by atoms with Gasteiger partial charge in [0.1, 0.15) is 6.04 Å². The van der Waals surface area contributed by atoms with Crippen molar-refractivity contribution in [2.75, 3.05) is 10.6 Å². The predicted molar refractivity (Wildman–Crippen MR) is 69.6 cm³/mol. The van der Waals surface area contributed by atoms with E-state index in [1.807, 2.05) is 18.2 Å². The molecule has 1 aromatic carbocycles. The Bertz CT molecular complexity index is 417. The lowest BCUT2D eigenvalue weighted by Crippen LogP contribution is -2.39. The SMILES string of the molecule is CC(C)CC1Nc2cc(Br)ccc2NC1=O. The van der Waals surface area contributed by atoms with Crippen molar-refractivity contribution in [3.05, 3.63) is 22.7 Å². The fraction of sp³-hybridized carbons (Fsp3) is 0.417. The Morgan fingerprint density at radius 2 is 2.12 bits per heavy atom. The van der Waals surface area contributed by atoms with Crippen molar-refractivity contribution in [1.29, 1.82) is 0 Å². The highest BCUT2D eigenvalue weighted by molar-refractivity contribution is 9.10. The maximum Gasteiger partial charge on any atom is 0.246 e. The molecule has 1 aliphatic heterocycles. The van der Waals surface area contributed by atoms with Crippen LogP contribution >= 0.6 is 15.9 Å². The van der Waals surface area contributed by atoms with Gasteiger partial charge in [0, 0.05) is 4.47 Å². The minimum absolute atomic E-state index is 0.0588. The number of benzene rings is 1. The van der Waals surface area contributed by atoms with E-state index in [0.29, 0.717) is 5.92 Å². The standard InChI is InChI=1S/C12H15BrN2O/c1-7(2)5-11-12(16)15-9-4-3-8(13)6-10(9)14-11/h3-4,6-7,11,14H,5H2,1-2H3,(H,15,16). The second-order valence-electron chi connectivity index (χ2n) is 4.51. The van der Waals surface area contributed by atoms with Crippen LogP contribution in [-0.2, 0) is 4.79 Å². The molecule has 1 unspecified atom stereocenters. The zero-order valence-electron chi connectivity index (χ0n) is 9.38. The van der Waals surface area contributed by atoms with Gasteiger partial charge in [-0.3, -0.25) is 4.79 Å². The van der Waals surface area contributed by atoms with Gasteiger partial charge in [0.05, 0.1) is 11.4 Å². The summed E-state index contributed by atoms with van der Waals surface area (Å²) in [6, 6.07) is 5.68. The van der Waals surface area contributed by atoms with Crippen LogP contribution in [0.4, 0.5) is 11.4 Å². The first-order valence-corrected chi connectivity index (χ1v) is 6.22. The average molecular weight is 283 g/mol. The van der Waals surface area contributed by atoms with Gasteiger partial charge in [-0.05, 0) is 30.5 Å². The summed E-state index contributed by atoms with van der Waals surface area (Å²) in [5.74, 6) is 0.556. The van der Waals surface area contributed by atoms with E-state index >= 15 is 0 Å². The van der Waals surface area contributed by atoms with Crippen molar-refractivity contribution in [1.82, 2.24) is 0 Å². The third-order valence-electron chi connectivity index (χ3n) is 2.59. The number of amides is 1. The zero-order chi connectivity index (χ0) is 11.7. The Hall–Kier alpha value is -1.03. The van der Waals surface area contributed by atoms with Crippen molar-refractivity contribution < 1.29 is 4.79 Å². The number of carbonyl (C=O) groups excluding carboxylic acids is 1. The van der Waals surface area contributed by atoms with E-state index in [1.165, 1.54) is 0 Å². The lowest BCUT2D eigenvalue weighted by atomic mass is 10.0. The maximum atomic E-state index is 11.8. The molecule has 1 atom stereocenters. The van der Waals surface area contributed by atoms with Crippen molar-refractivity contribution in [3.8, 4) is 0 Å². The quantitative estimate of drug-likeness (QED) is 0.875. The van der Waals surface area contributed by atoms with Gasteiger partial charge < -0.3 is 10.6 Å². The molecule has 0 saturated carbocycles. The Balaban J connectivity index is 2.22. The summed E-state index contributed by atoms with van der Waals surface area (Å²) >= 11 is 3.42. The van der Waals surface area contributed by atoms with Crippen molar-refractivity contribution in [3.63, 3.8) is 0 Å². The second kappa shape index (κ2) is 4.45. The molecule has 2 rings (SSSR count). The summed E-state index contributed by atoms with van der Waals surface area (Å²) in [5.41, 5.74) is 1.84. The number of nitrogens with one attached hydrogen (secondary N) is 2. The molecule has 86 valence electrons. The molecule has 1 aliphatic rings. The number of halogens is 1. The van der Waals surface area contributed by atoms with E-state index in [0.717, 1.165) is 22.3 Å². The van der Waals surface area contributed by atoms with Crippen LogP contribution in [0.15, 0.2) is 22.7 Å².